The molecule has 0 saturated carbocycles. The Labute approximate surface area is 145 Å². The number of nitrogens with zero attached hydrogens (tertiary/aromatic N) is 5. The van der Waals surface area contributed by atoms with E-state index in [2.05, 4.69) is 44.4 Å². The Kier molecular flexibility index (Phi) is 4.07. The van der Waals surface area contributed by atoms with Gasteiger partial charge in [0.15, 0.2) is 5.65 Å². The summed E-state index contributed by atoms with van der Waals surface area (Å²) in [5.41, 5.74) is 3.06. The molecular weight excluding hydrogens is 316 g/mol. The van der Waals surface area contributed by atoms with Gasteiger partial charge < -0.3 is 15.1 Å². The van der Waals surface area contributed by atoms with Gasteiger partial charge in [0, 0.05) is 49.8 Å². The van der Waals surface area contributed by atoms with Crippen LogP contribution >= 0.6 is 0 Å². The van der Waals surface area contributed by atoms with Crippen LogP contribution in [0.15, 0.2) is 48.8 Å². The summed E-state index contributed by atoms with van der Waals surface area (Å²) in [6.07, 6.45) is 3.24. The number of aromatic nitrogens is 3. The van der Waals surface area contributed by atoms with Crippen LogP contribution in [0.4, 0.5) is 11.4 Å². The summed E-state index contributed by atoms with van der Waals surface area (Å²) in [6.45, 7) is 4.19. The van der Waals surface area contributed by atoms with E-state index in [1.54, 1.807) is 24.5 Å². The number of likely N-dealkylation sites (N-methyl/N-ethyl adjacent to an activating group) is 1. The number of piperazine rings is 1. The van der Waals surface area contributed by atoms with Crippen LogP contribution in [0.25, 0.3) is 5.65 Å². The monoisotopic (exact) mass is 336 g/mol. The second-order valence-electron chi connectivity index (χ2n) is 6.22. The molecule has 25 heavy (non-hydrogen) atoms. The van der Waals surface area contributed by atoms with E-state index in [9.17, 15) is 4.79 Å². The SMILES string of the molecule is CN1CCN(c2ccc(NC(=O)c3ccnc4ccnn34)cc2)CC1. The second kappa shape index (κ2) is 6.52. The summed E-state index contributed by atoms with van der Waals surface area (Å²) < 4.78 is 1.54. The van der Waals surface area contributed by atoms with Crippen molar-refractivity contribution in [2.45, 2.75) is 0 Å². The molecule has 1 fully saturated rings. The summed E-state index contributed by atoms with van der Waals surface area (Å²) in [6, 6.07) is 11.4. The molecule has 0 spiro atoms. The highest BCUT2D eigenvalue weighted by molar-refractivity contribution is 6.03. The molecule has 1 N–H and O–H groups in total. The third-order valence-corrected chi connectivity index (χ3v) is 4.52. The molecule has 3 heterocycles. The van der Waals surface area contributed by atoms with Crippen molar-refractivity contribution in [2.24, 2.45) is 0 Å². The highest BCUT2D eigenvalue weighted by Crippen LogP contribution is 2.19. The smallest absolute Gasteiger partial charge is 0.274 e. The number of anilines is 2. The van der Waals surface area contributed by atoms with Crippen molar-refractivity contribution in [3.05, 3.63) is 54.5 Å². The Morgan fingerprint density at radius 1 is 1.00 bits per heavy atom. The normalized spacial score (nSPS) is 15.5. The highest BCUT2D eigenvalue weighted by Gasteiger charge is 2.15. The fourth-order valence-electron chi connectivity index (χ4n) is 3.02. The Morgan fingerprint density at radius 3 is 2.52 bits per heavy atom. The maximum absolute atomic E-state index is 12.5. The number of hydrogen-bond acceptors (Lipinski definition) is 5. The molecule has 0 radical (unpaired) electrons. The Balaban J connectivity index is 1.47. The average Bonchev–Trinajstić information content (AvgIpc) is 3.12. The van der Waals surface area contributed by atoms with Crippen molar-refractivity contribution >= 4 is 22.9 Å². The predicted molar refractivity (Wildman–Crippen MR) is 97.1 cm³/mol. The zero-order valence-corrected chi connectivity index (χ0v) is 14.1. The van der Waals surface area contributed by atoms with E-state index in [4.69, 9.17) is 0 Å². The van der Waals surface area contributed by atoms with E-state index in [0.717, 1.165) is 31.9 Å². The number of amides is 1. The van der Waals surface area contributed by atoms with E-state index in [0.29, 0.717) is 11.3 Å². The van der Waals surface area contributed by atoms with Gasteiger partial charge in [0.25, 0.3) is 5.91 Å². The molecule has 1 aliphatic rings. The van der Waals surface area contributed by atoms with Gasteiger partial charge in [0.05, 0.1) is 6.20 Å². The minimum absolute atomic E-state index is 0.205. The van der Waals surface area contributed by atoms with Crippen LogP contribution in [0, 0.1) is 0 Å². The number of carbonyl (C=O) groups is 1. The van der Waals surface area contributed by atoms with Crippen LogP contribution in [0.5, 0.6) is 0 Å². The van der Waals surface area contributed by atoms with Gasteiger partial charge >= 0.3 is 0 Å². The van der Waals surface area contributed by atoms with E-state index >= 15 is 0 Å². The van der Waals surface area contributed by atoms with Crippen LogP contribution in [-0.4, -0.2) is 58.6 Å². The molecule has 0 bridgehead atoms. The molecule has 1 saturated heterocycles. The zero-order chi connectivity index (χ0) is 17.2. The minimum Gasteiger partial charge on any atom is -0.369 e. The van der Waals surface area contributed by atoms with Gasteiger partial charge in [-0.15, -0.1) is 0 Å². The molecule has 4 rings (SSSR count). The molecule has 7 nitrogen and oxygen atoms in total. The Hall–Kier alpha value is -2.93. The van der Waals surface area contributed by atoms with Gasteiger partial charge in [-0.3, -0.25) is 4.79 Å². The fraction of sp³-hybridized carbons (Fsp3) is 0.278. The molecular formula is C18H20N6O. The summed E-state index contributed by atoms with van der Waals surface area (Å²) in [4.78, 5) is 21.4. The molecule has 0 aliphatic carbocycles. The molecule has 1 aromatic carbocycles. The molecule has 1 aliphatic heterocycles. The standard InChI is InChI=1S/C18H20N6O/c1-22-10-12-23(13-11-22)15-4-2-14(3-5-15)21-18(25)16-6-8-19-17-7-9-20-24(16)17/h2-9H,10-13H2,1H3,(H,21,25). The number of fused-ring (bicyclic) bond motifs is 1. The molecule has 0 unspecified atom stereocenters. The van der Waals surface area contributed by atoms with Crippen molar-refractivity contribution in [3.8, 4) is 0 Å². The van der Waals surface area contributed by atoms with Crippen LogP contribution in [0.1, 0.15) is 10.5 Å². The third-order valence-electron chi connectivity index (χ3n) is 4.52. The Bertz CT molecular complexity index is 880. The second-order valence-corrected chi connectivity index (χ2v) is 6.22. The van der Waals surface area contributed by atoms with Crippen molar-refractivity contribution in [1.82, 2.24) is 19.5 Å². The van der Waals surface area contributed by atoms with Crippen LogP contribution in [0.3, 0.4) is 0 Å². The molecule has 128 valence electrons. The first-order chi connectivity index (χ1) is 12.2. The van der Waals surface area contributed by atoms with E-state index < -0.39 is 0 Å². The maximum atomic E-state index is 12.5. The maximum Gasteiger partial charge on any atom is 0.274 e. The molecule has 3 aromatic rings. The zero-order valence-electron chi connectivity index (χ0n) is 14.1. The van der Waals surface area contributed by atoms with Gasteiger partial charge in [-0.1, -0.05) is 0 Å². The lowest BCUT2D eigenvalue weighted by Gasteiger charge is -2.34. The van der Waals surface area contributed by atoms with Gasteiger partial charge in [0.1, 0.15) is 5.69 Å². The molecule has 7 heteroatoms. The number of benzene rings is 1. The first-order valence-electron chi connectivity index (χ1n) is 8.34. The summed E-state index contributed by atoms with van der Waals surface area (Å²) in [5, 5.41) is 7.07. The first kappa shape index (κ1) is 15.6. The summed E-state index contributed by atoms with van der Waals surface area (Å²) in [5.74, 6) is -0.205. The van der Waals surface area contributed by atoms with Crippen molar-refractivity contribution < 1.29 is 4.79 Å². The van der Waals surface area contributed by atoms with Crippen LogP contribution in [-0.2, 0) is 0 Å². The number of hydrogen-bond donors (Lipinski definition) is 1. The third kappa shape index (κ3) is 3.18. The lowest BCUT2D eigenvalue weighted by atomic mass is 10.2. The average molecular weight is 336 g/mol. The topological polar surface area (TPSA) is 65.8 Å². The van der Waals surface area contributed by atoms with Gasteiger partial charge in [-0.05, 0) is 37.4 Å². The minimum atomic E-state index is -0.205. The molecule has 0 atom stereocenters. The number of nitrogens with one attached hydrogen (secondary N) is 1. The lowest BCUT2D eigenvalue weighted by Crippen LogP contribution is -2.44. The molecule has 2 aromatic heterocycles. The quantitative estimate of drug-likeness (QED) is 0.789. The number of carbonyl (C=O) groups excluding carboxylic acids is 1. The molecule has 1 amide bonds. The summed E-state index contributed by atoms with van der Waals surface area (Å²) in [7, 11) is 2.14. The fourth-order valence-corrected chi connectivity index (χ4v) is 3.02. The van der Waals surface area contributed by atoms with Gasteiger partial charge in [-0.2, -0.15) is 5.10 Å². The van der Waals surface area contributed by atoms with E-state index in [1.165, 1.54) is 10.2 Å². The first-order valence-corrected chi connectivity index (χ1v) is 8.34. The predicted octanol–water partition coefficient (Wildman–Crippen LogP) is 1.73. The largest absolute Gasteiger partial charge is 0.369 e. The highest BCUT2D eigenvalue weighted by atomic mass is 16.2. The van der Waals surface area contributed by atoms with E-state index in [1.807, 2.05) is 12.1 Å². The van der Waals surface area contributed by atoms with Crippen LogP contribution < -0.4 is 10.2 Å². The Morgan fingerprint density at radius 2 is 1.76 bits per heavy atom. The van der Waals surface area contributed by atoms with Crippen molar-refractivity contribution in [1.29, 1.82) is 0 Å². The number of rotatable bonds is 3. The lowest BCUT2D eigenvalue weighted by molar-refractivity contribution is 0.102. The van der Waals surface area contributed by atoms with Crippen LogP contribution in [0.2, 0.25) is 0 Å². The summed E-state index contributed by atoms with van der Waals surface area (Å²) >= 11 is 0. The van der Waals surface area contributed by atoms with Crippen molar-refractivity contribution in [2.75, 3.05) is 43.4 Å². The van der Waals surface area contributed by atoms with E-state index in [-0.39, 0.29) is 5.91 Å². The van der Waals surface area contributed by atoms with Gasteiger partial charge in [0.2, 0.25) is 0 Å². The van der Waals surface area contributed by atoms with Gasteiger partial charge in [-0.25, -0.2) is 9.50 Å². The van der Waals surface area contributed by atoms with Crippen molar-refractivity contribution in [3.63, 3.8) is 0 Å².